The fraction of sp³-hybridized carbons (Fsp3) is 0.679. The van der Waals surface area contributed by atoms with E-state index in [2.05, 4.69) is 25.1 Å². The van der Waals surface area contributed by atoms with Crippen molar-refractivity contribution in [3.63, 3.8) is 0 Å². The molecule has 2 aliphatic rings. The number of halogens is 4. The van der Waals surface area contributed by atoms with Crippen LogP contribution in [0.25, 0.3) is 0 Å². The van der Waals surface area contributed by atoms with Gasteiger partial charge in [0, 0.05) is 72.9 Å². The van der Waals surface area contributed by atoms with Crippen LogP contribution in [-0.4, -0.2) is 48.7 Å². The van der Waals surface area contributed by atoms with Gasteiger partial charge in [-0.15, -0.1) is 0 Å². The van der Waals surface area contributed by atoms with Gasteiger partial charge in [0.2, 0.25) is 11.8 Å². The molecule has 0 bridgehead atoms. The third kappa shape index (κ3) is 7.70. The van der Waals surface area contributed by atoms with E-state index in [1.54, 1.807) is 45.6 Å². The number of hydrogen-bond donors (Lipinski definition) is 2. The van der Waals surface area contributed by atoms with Gasteiger partial charge in [0.05, 0.1) is 5.71 Å². The first-order chi connectivity index (χ1) is 17.3. The zero-order chi connectivity index (χ0) is 27.5. The Balaban J connectivity index is 0.000000371. The van der Waals surface area contributed by atoms with Gasteiger partial charge in [0.25, 0.3) is 0 Å². The van der Waals surface area contributed by atoms with Gasteiger partial charge in [-0.2, -0.15) is 0 Å². The smallest absolute Gasteiger partial charge is 0.248 e. The van der Waals surface area contributed by atoms with Crippen LogP contribution in [0, 0.1) is 13.8 Å². The second-order valence-corrected chi connectivity index (χ2v) is 10.5. The number of oxime groups is 1. The van der Waals surface area contributed by atoms with Crippen LogP contribution in [0.4, 0.5) is 17.6 Å². The number of nitrogens with two attached hydrogens (primary N) is 1. The molecule has 7 nitrogen and oxygen atoms in total. The van der Waals surface area contributed by atoms with E-state index in [1.165, 1.54) is 0 Å². The van der Waals surface area contributed by atoms with E-state index in [0.29, 0.717) is 30.2 Å². The molecule has 2 heterocycles. The molecule has 0 amide bonds. The van der Waals surface area contributed by atoms with Crippen LogP contribution in [0.2, 0.25) is 0 Å². The number of nitrogens with zero attached hydrogens (tertiary/aromatic N) is 5. The molecule has 2 saturated carbocycles. The van der Waals surface area contributed by atoms with Gasteiger partial charge >= 0.3 is 0 Å². The molecule has 3 N–H and O–H groups in total. The third-order valence-electron chi connectivity index (χ3n) is 8.11. The van der Waals surface area contributed by atoms with Crippen molar-refractivity contribution < 1.29 is 22.8 Å². The van der Waals surface area contributed by atoms with Crippen LogP contribution in [0.3, 0.4) is 0 Å². The SMILES string of the molecule is C.C.C/C(=N/O)C1(c2cnc(C)nc2)CCC(F)(F)CC1.Cc1ncc(C2(C(C)N)CCC(F)(F)CC2)cn1. The number of rotatable bonds is 4. The van der Waals surface area contributed by atoms with Crippen LogP contribution >= 0.6 is 0 Å². The minimum absolute atomic E-state index is 0. The summed E-state index contributed by atoms with van der Waals surface area (Å²) in [6.07, 6.45) is 7.36. The molecule has 2 aromatic heterocycles. The molecule has 0 saturated heterocycles. The van der Waals surface area contributed by atoms with Gasteiger partial charge in [-0.25, -0.2) is 37.5 Å². The summed E-state index contributed by atoms with van der Waals surface area (Å²) >= 11 is 0. The maximum absolute atomic E-state index is 13.4. The average molecular weight is 557 g/mol. The summed E-state index contributed by atoms with van der Waals surface area (Å²) in [5.74, 6) is -3.88. The van der Waals surface area contributed by atoms with E-state index in [-0.39, 0.29) is 59.4 Å². The maximum Gasteiger partial charge on any atom is 0.248 e. The van der Waals surface area contributed by atoms with Crippen LogP contribution in [0.1, 0.15) is 103 Å². The van der Waals surface area contributed by atoms with Crippen LogP contribution in [0.15, 0.2) is 29.9 Å². The van der Waals surface area contributed by atoms with Crippen LogP contribution < -0.4 is 5.73 Å². The lowest BCUT2D eigenvalue weighted by atomic mass is 9.65. The zero-order valence-corrected chi connectivity index (χ0v) is 21.8. The molecule has 2 aliphatic carbocycles. The van der Waals surface area contributed by atoms with E-state index in [4.69, 9.17) is 10.9 Å². The van der Waals surface area contributed by atoms with Gasteiger partial charge < -0.3 is 10.9 Å². The van der Waals surface area contributed by atoms with Crippen LogP contribution in [0.5, 0.6) is 0 Å². The predicted octanol–water partition coefficient (Wildman–Crippen LogP) is 6.93. The van der Waals surface area contributed by atoms with Crippen LogP contribution in [-0.2, 0) is 10.8 Å². The summed E-state index contributed by atoms with van der Waals surface area (Å²) in [5, 5.41) is 12.3. The molecule has 0 aliphatic heterocycles. The van der Waals surface area contributed by atoms with Crippen molar-refractivity contribution in [1.29, 1.82) is 0 Å². The lowest BCUT2D eigenvalue weighted by Gasteiger charge is -2.43. The zero-order valence-electron chi connectivity index (χ0n) is 21.8. The number of hydrogen-bond acceptors (Lipinski definition) is 7. The molecule has 2 aromatic rings. The van der Waals surface area contributed by atoms with E-state index in [9.17, 15) is 17.6 Å². The van der Waals surface area contributed by atoms with Crippen molar-refractivity contribution in [2.45, 2.75) is 123 Å². The van der Waals surface area contributed by atoms with Crippen molar-refractivity contribution in [3.8, 4) is 0 Å². The Labute approximate surface area is 229 Å². The molecule has 39 heavy (non-hydrogen) atoms. The molecule has 220 valence electrons. The van der Waals surface area contributed by atoms with Gasteiger partial charge in [0.15, 0.2) is 0 Å². The molecular weight excluding hydrogens is 512 g/mol. The highest BCUT2D eigenvalue weighted by molar-refractivity contribution is 5.92. The van der Waals surface area contributed by atoms with Crippen molar-refractivity contribution in [2.75, 3.05) is 0 Å². The minimum atomic E-state index is -2.63. The number of alkyl halides is 4. The van der Waals surface area contributed by atoms with Crippen molar-refractivity contribution in [1.82, 2.24) is 19.9 Å². The molecule has 1 atom stereocenters. The van der Waals surface area contributed by atoms with Crippen molar-refractivity contribution in [2.24, 2.45) is 10.9 Å². The third-order valence-corrected chi connectivity index (χ3v) is 8.11. The lowest BCUT2D eigenvalue weighted by molar-refractivity contribution is -0.0548. The molecule has 11 heteroatoms. The fourth-order valence-corrected chi connectivity index (χ4v) is 5.36. The first-order valence-electron chi connectivity index (χ1n) is 12.5. The number of aryl methyl sites for hydroxylation is 2. The summed E-state index contributed by atoms with van der Waals surface area (Å²) in [5.41, 5.74) is 7.04. The molecular formula is C28H44F4N6O. The standard InChI is InChI=1S/C13H17F2N3O.C13H19F2N3.2CH4/c1-9(18-19)12(3-5-13(14,15)6-4-12)11-7-16-10(2)17-8-11;1-9(16)12(3-5-13(14,15)6-4-12)11-7-17-10(2)18-8-11;;/h7-8,19H,3-6H2,1-2H3;7-9H,3-6,16H2,1-2H3;2*1H4/b18-9-;;;. The Morgan fingerprint density at radius 3 is 1.49 bits per heavy atom. The predicted molar refractivity (Wildman–Crippen MR) is 146 cm³/mol. The quantitative estimate of drug-likeness (QED) is 0.183. The first kappa shape index (κ1) is 34.3. The maximum atomic E-state index is 13.4. The molecule has 4 rings (SSSR count). The summed E-state index contributed by atoms with van der Waals surface area (Å²) in [6.45, 7) is 7.10. The summed E-state index contributed by atoms with van der Waals surface area (Å²) < 4.78 is 53.4. The highest BCUT2D eigenvalue weighted by Crippen LogP contribution is 2.47. The fourth-order valence-electron chi connectivity index (χ4n) is 5.36. The average Bonchev–Trinajstić information content (AvgIpc) is 2.85. The molecule has 0 aromatic carbocycles. The highest BCUT2D eigenvalue weighted by Gasteiger charge is 2.47. The Kier molecular flexibility index (Phi) is 11.5. The second kappa shape index (κ2) is 13.1. The highest BCUT2D eigenvalue weighted by atomic mass is 19.3. The largest absolute Gasteiger partial charge is 0.411 e. The van der Waals surface area contributed by atoms with Crippen molar-refractivity contribution >= 4 is 5.71 Å². The van der Waals surface area contributed by atoms with Crippen molar-refractivity contribution in [3.05, 3.63) is 47.6 Å². The topological polar surface area (TPSA) is 110 Å². The Morgan fingerprint density at radius 1 is 0.769 bits per heavy atom. The molecule has 1 unspecified atom stereocenters. The van der Waals surface area contributed by atoms with E-state index < -0.39 is 22.7 Å². The molecule has 2 fully saturated rings. The van der Waals surface area contributed by atoms with E-state index in [0.717, 1.165) is 11.1 Å². The minimum Gasteiger partial charge on any atom is -0.411 e. The van der Waals surface area contributed by atoms with Gasteiger partial charge in [0.1, 0.15) is 11.6 Å². The Hall–Kier alpha value is -2.69. The second-order valence-electron chi connectivity index (χ2n) is 10.5. The summed E-state index contributed by atoms with van der Waals surface area (Å²) in [7, 11) is 0. The lowest BCUT2D eigenvalue weighted by Crippen LogP contribution is -2.48. The number of aromatic nitrogens is 4. The van der Waals surface area contributed by atoms with Gasteiger partial charge in [-0.05, 0) is 58.9 Å². The van der Waals surface area contributed by atoms with E-state index in [1.807, 2.05) is 6.92 Å². The summed E-state index contributed by atoms with van der Waals surface area (Å²) in [4.78, 5) is 16.6. The molecule has 0 radical (unpaired) electrons. The first-order valence-corrected chi connectivity index (χ1v) is 12.5. The van der Waals surface area contributed by atoms with Gasteiger partial charge in [-0.3, -0.25) is 0 Å². The Morgan fingerprint density at radius 2 is 1.13 bits per heavy atom. The Bertz CT molecular complexity index is 1050. The normalized spacial score (nSPS) is 21.7. The monoisotopic (exact) mass is 556 g/mol. The summed E-state index contributed by atoms with van der Waals surface area (Å²) in [6, 6.07) is -0.181. The van der Waals surface area contributed by atoms with E-state index >= 15 is 0 Å². The molecule has 0 spiro atoms. The van der Waals surface area contributed by atoms with Gasteiger partial charge in [-0.1, -0.05) is 20.0 Å².